The molecule has 7 heteroatoms. The first-order valence-corrected chi connectivity index (χ1v) is 8.78. The second kappa shape index (κ2) is 7.19. The molecule has 0 radical (unpaired) electrons. The van der Waals surface area contributed by atoms with E-state index < -0.39 is 0 Å². The minimum absolute atomic E-state index is 0.0616. The smallest absolute Gasteiger partial charge is 0.343 e. The van der Waals surface area contributed by atoms with Crippen molar-refractivity contribution in [3.8, 4) is 0 Å². The van der Waals surface area contributed by atoms with Crippen molar-refractivity contribution in [2.75, 3.05) is 17.2 Å². The highest BCUT2D eigenvalue weighted by Crippen LogP contribution is 2.31. The Balaban J connectivity index is 1.96. The van der Waals surface area contributed by atoms with E-state index in [9.17, 15) is 4.79 Å². The van der Waals surface area contributed by atoms with E-state index in [0.717, 1.165) is 17.9 Å². The average Bonchev–Trinajstić information content (AvgIpc) is 2.98. The zero-order valence-corrected chi connectivity index (χ0v) is 15.6. The standard InChI is InChI=1S/C19H25N5O2/c1-5-26-18(25)15-12-21-24-16(22-13-7-6-8-20-11-13)9-14(23-17(15)24)10-19(2,3)4/h6-9,11-12,14,22-23H,5,10H2,1-4H3. The highest BCUT2D eigenvalue weighted by molar-refractivity contribution is 5.96. The molecule has 3 heterocycles. The number of carbonyl (C=O) groups is 1. The van der Waals surface area contributed by atoms with Crippen molar-refractivity contribution in [3.05, 3.63) is 42.4 Å². The first-order valence-electron chi connectivity index (χ1n) is 8.78. The lowest BCUT2D eigenvalue weighted by Crippen LogP contribution is -2.31. The van der Waals surface area contributed by atoms with E-state index in [0.29, 0.717) is 18.0 Å². The van der Waals surface area contributed by atoms with Crippen molar-refractivity contribution in [1.29, 1.82) is 0 Å². The molecule has 3 rings (SSSR count). The lowest BCUT2D eigenvalue weighted by molar-refractivity contribution is 0.0527. The summed E-state index contributed by atoms with van der Waals surface area (Å²) >= 11 is 0. The predicted molar refractivity (Wildman–Crippen MR) is 102 cm³/mol. The average molecular weight is 355 g/mol. The van der Waals surface area contributed by atoms with Gasteiger partial charge in [-0.05, 0) is 37.0 Å². The summed E-state index contributed by atoms with van der Waals surface area (Å²) in [5, 5.41) is 11.1. The SMILES string of the molecule is CCOC(=O)c1cnn2c1NC(CC(C)(C)C)C=C2Nc1cccnc1. The molecule has 26 heavy (non-hydrogen) atoms. The molecule has 0 aliphatic carbocycles. The Morgan fingerprint density at radius 3 is 2.85 bits per heavy atom. The third-order valence-corrected chi connectivity index (χ3v) is 3.94. The summed E-state index contributed by atoms with van der Waals surface area (Å²) in [6.07, 6.45) is 8.00. The quantitative estimate of drug-likeness (QED) is 0.798. The number of carbonyl (C=O) groups excluding carboxylic acids is 1. The lowest BCUT2D eigenvalue weighted by atomic mass is 9.87. The molecule has 2 aromatic rings. The number of rotatable bonds is 5. The molecule has 138 valence electrons. The summed E-state index contributed by atoms with van der Waals surface area (Å²) < 4.78 is 6.85. The first-order chi connectivity index (χ1) is 12.4. The number of anilines is 2. The van der Waals surface area contributed by atoms with E-state index in [1.807, 2.05) is 12.1 Å². The van der Waals surface area contributed by atoms with E-state index in [2.05, 4.69) is 47.6 Å². The number of pyridine rings is 1. The largest absolute Gasteiger partial charge is 0.462 e. The maximum absolute atomic E-state index is 12.3. The van der Waals surface area contributed by atoms with Gasteiger partial charge >= 0.3 is 5.97 Å². The molecule has 0 bridgehead atoms. The van der Waals surface area contributed by atoms with Crippen LogP contribution in [0, 0.1) is 5.41 Å². The Bertz CT molecular complexity index is 805. The Morgan fingerprint density at radius 2 is 2.19 bits per heavy atom. The van der Waals surface area contributed by atoms with E-state index in [1.165, 1.54) is 0 Å². The van der Waals surface area contributed by atoms with Gasteiger partial charge in [-0.2, -0.15) is 5.10 Å². The van der Waals surface area contributed by atoms with Crippen LogP contribution < -0.4 is 10.6 Å². The van der Waals surface area contributed by atoms with Crippen molar-refractivity contribution in [3.63, 3.8) is 0 Å². The summed E-state index contributed by atoms with van der Waals surface area (Å²) in [4.78, 5) is 16.4. The van der Waals surface area contributed by atoms with Gasteiger partial charge in [0.15, 0.2) is 0 Å². The number of esters is 1. The van der Waals surface area contributed by atoms with Crippen LogP contribution in [0.4, 0.5) is 11.5 Å². The van der Waals surface area contributed by atoms with Crippen molar-refractivity contribution in [2.24, 2.45) is 5.41 Å². The van der Waals surface area contributed by atoms with Gasteiger partial charge in [0.2, 0.25) is 0 Å². The molecule has 2 aromatic heterocycles. The summed E-state index contributed by atoms with van der Waals surface area (Å²) in [6, 6.07) is 3.86. The van der Waals surface area contributed by atoms with Crippen LogP contribution in [0.15, 0.2) is 36.8 Å². The van der Waals surface area contributed by atoms with Gasteiger partial charge < -0.3 is 15.4 Å². The third-order valence-electron chi connectivity index (χ3n) is 3.94. The molecule has 2 N–H and O–H groups in total. The van der Waals surface area contributed by atoms with Crippen LogP contribution in [0.25, 0.3) is 5.82 Å². The molecular formula is C19H25N5O2. The monoisotopic (exact) mass is 355 g/mol. The fourth-order valence-corrected chi connectivity index (χ4v) is 2.96. The second-order valence-electron chi connectivity index (χ2n) is 7.47. The Morgan fingerprint density at radius 1 is 1.38 bits per heavy atom. The molecule has 1 aliphatic heterocycles. The molecule has 0 spiro atoms. The molecule has 0 aromatic carbocycles. The minimum Gasteiger partial charge on any atom is -0.462 e. The normalized spacial score (nSPS) is 16.3. The maximum Gasteiger partial charge on any atom is 0.343 e. The Kier molecular flexibility index (Phi) is 4.97. The van der Waals surface area contributed by atoms with Gasteiger partial charge in [-0.25, -0.2) is 9.48 Å². The summed E-state index contributed by atoms with van der Waals surface area (Å²) in [5.74, 6) is 1.06. The zero-order valence-electron chi connectivity index (χ0n) is 15.6. The summed E-state index contributed by atoms with van der Waals surface area (Å²) in [5.41, 5.74) is 1.42. The molecule has 0 saturated heterocycles. The maximum atomic E-state index is 12.3. The summed E-state index contributed by atoms with van der Waals surface area (Å²) in [6.45, 7) is 8.68. The fraction of sp³-hybridized carbons (Fsp3) is 0.421. The number of aromatic nitrogens is 3. The molecule has 0 saturated carbocycles. The van der Waals surface area contributed by atoms with Gasteiger partial charge in [0.1, 0.15) is 17.2 Å². The van der Waals surface area contributed by atoms with Crippen LogP contribution >= 0.6 is 0 Å². The van der Waals surface area contributed by atoms with Gasteiger partial charge in [-0.15, -0.1) is 0 Å². The van der Waals surface area contributed by atoms with Crippen molar-refractivity contribution >= 4 is 23.3 Å². The number of hydrogen-bond donors (Lipinski definition) is 2. The van der Waals surface area contributed by atoms with Gasteiger partial charge in [-0.3, -0.25) is 4.98 Å². The van der Waals surface area contributed by atoms with Gasteiger partial charge in [0, 0.05) is 6.20 Å². The molecule has 0 amide bonds. The molecule has 7 nitrogen and oxygen atoms in total. The molecule has 1 unspecified atom stereocenters. The summed E-state index contributed by atoms with van der Waals surface area (Å²) in [7, 11) is 0. The third kappa shape index (κ3) is 4.04. The Hall–Kier alpha value is -2.83. The van der Waals surface area contributed by atoms with Gasteiger partial charge in [0.05, 0.1) is 30.7 Å². The van der Waals surface area contributed by atoms with Crippen molar-refractivity contribution in [1.82, 2.24) is 14.8 Å². The number of nitrogens with one attached hydrogen (secondary N) is 2. The van der Waals surface area contributed by atoms with E-state index in [1.54, 1.807) is 30.2 Å². The van der Waals surface area contributed by atoms with E-state index in [-0.39, 0.29) is 17.4 Å². The fourth-order valence-electron chi connectivity index (χ4n) is 2.96. The number of ether oxygens (including phenoxy) is 1. The molecule has 1 atom stereocenters. The number of hydrogen-bond acceptors (Lipinski definition) is 6. The van der Waals surface area contributed by atoms with E-state index in [4.69, 9.17) is 4.74 Å². The van der Waals surface area contributed by atoms with Crippen LogP contribution in [-0.4, -0.2) is 33.4 Å². The topological polar surface area (TPSA) is 81.1 Å². The predicted octanol–water partition coefficient (Wildman–Crippen LogP) is 3.60. The van der Waals surface area contributed by atoms with Crippen LogP contribution in [-0.2, 0) is 4.74 Å². The molecule has 1 aliphatic rings. The molecular weight excluding hydrogens is 330 g/mol. The van der Waals surface area contributed by atoms with Crippen LogP contribution in [0.3, 0.4) is 0 Å². The van der Waals surface area contributed by atoms with Crippen molar-refractivity contribution < 1.29 is 9.53 Å². The highest BCUT2D eigenvalue weighted by Gasteiger charge is 2.28. The number of nitrogens with zero attached hydrogens (tertiary/aromatic N) is 3. The first kappa shape index (κ1) is 18.0. The van der Waals surface area contributed by atoms with Crippen LogP contribution in [0.1, 0.15) is 44.5 Å². The number of fused-ring (bicyclic) bond motifs is 1. The second-order valence-corrected chi connectivity index (χ2v) is 7.47. The van der Waals surface area contributed by atoms with Crippen molar-refractivity contribution in [2.45, 2.75) is 40.2 Å². The van der Waals surface area contributed by atoms with Crippen LogP contribution in [0.5, 0.6) is 0 Å². The minimum atomic E-state index is -0.376. The van der Waals surface area contributed by atoms with Crippen LogP contribution in [0.2, 0.25) is 0 Å². The Labute approximate surface area is 153 Å². The molecule has 0 fully saturated rings. The lowest BCUT2D eigenvalue weighted by Gasteiger charge is -2.30. The van der Waals surface area contributed by atoms with Gasteiger partial charge in [0.25, 0.3) is 0 Å². The zero-order chi connectivity index (χ0) is 18.7. The highest BCUT2D eigenvalue weighted by atomic mass is 16.5. The van der Waals surface area contributed by atoms with Gasteiger partial charge in [-0.1, -0.05) is 20.8 Å². The van der Waals surface area contributed by atoms with E-state index >= 15 is 0 Å².